The molecule has 0 saturated heterocycles. The summed E-state index contributed by atoms with van der Waals surface area (Å²) < 4.78 is 6.03. The van der Waals surface area contributed by atoms with Crippen LogP contribution in [0.1, 0.15) is 12.5 Å². The number of esters is 1. The first-order valence-corrected chi connectivity index (χ1v) is 7.78. The molecule has 2 aromatic rings. The maximum atomic E-state index is 12.1. The van der Waals surface area contributed by atoms with Crippen LogP contribution in [0.5, 0.6) is 0 Å². The number of rotatable bonds is 5. The number of nitrogens with zero attached hydrogens (tertiary/aromatic N) is 1. The van der Waals surface area contributed by atoms with Crippen LogP contribution in [0.2, 0.25) is 5.15 Å². The average Bonchev–Trinajstić information content (AvgIpc) is 2.49. The van der Waals surface area contributed by atoms with E-state index in [1.807, 2.05) is 24.3 Å². The van der Waals surface area contributed by atoms with Crippen molar-refractivity contribution in [3.63, 3.8) is 0 Å². The van der Waals surface area contributed by atoms with Crippen LogP contribution in [0.3, 0.4) is 0 Å². The van der Waals surface area contributed by atoms with E-state index in [-0.39, 0.29) is 0 Å². The molecule has 0 aliphatic rings. The standard InChI is InChI=1S/C16H14BrClN2O2/c1-2-22-16(21)14(11-6-7-15(18)20-9-11)10-19-13-5-3-4-12(17)8-13/h3-10,19H,2H2,1H3/b14-10-. The van der Waals surface area contributed by atoms with E-state index in [0.29, 0.717) is 22.9 Å². The Kier molecular flexibility index (Phi) is 5.98. The summed E-state index contributed by atoms with van der Waals surface area (Å²) in [6.07, 6.45) is 3.14. The zero-order valence-electron chi connectivity index (χ0n) is 11.8. The van der Waals surface area contributed by atoms with Gasteiger partial charge in [0.2, 0.25) is 0 Å². The van der Waals surface area contributed by atoms with Gasteiger partial charge in [-0.3, -0.25) is 0 Å². The Morgan fingerprint density at radius 1 is 1.41 bits per heavy atom. The Hall–Kier alpha value is -1.85. The fraction of sp³-hybridized carbons (Fsp3) is 0.125. The van der Waals surface area contributed by atoms with Crippen LogP contribution in [0, 0.1) is 0 Å². The highest BCUT2D eigenvalue weighted by Gasteiger charge is 2.13. The van der Waals surface area contributed by atoms with Crippen LogP contribution in [-0.2, 0) is 9.53 Å². The third-order valence-electron chi connectivity index (χ3n) is 2.74. The van der Waals surface area contributed by atoms with Gasteiger partial charge in [0, 0.05) is 28.1 Å². The van der Waals surface area contributed by atoms with Crippen molar-refractivity contribution in [3.05, 3.63) is 64.0 Å². The number of hydrogen-bond donors (Lipinski definition) is 1. The van der Waals surface area contributed by atoms with Crippen LogP contribution >= 0.6 is 27.5 Å². The molecule has 0 atom stereocenters. The van der Waals surface area contributed by atoms with E-state index in [1.54, 1.807) is 25.3 Å². The first-order chi connectivity index (χ1) is 10.6. The molecule has 6 heteroatoms. The van der Waals surface area contributed by atoms with E-state index < -0.39 is 5.97 Å². The maximum Gasteiger partial charge on any atom is 0.340 e. The number of hydrogen-bond acceptors (Lipinski definition) is 4. The fourth-order valence-corrected chi connectivity index (χ4v) is 2.25. The van der Waals surface area contributed by atoms with Crippen molar-refractivity contribution in [2.45, 2.75) is 6.92 Å². The van der Waals surface area contributed by atoms with Crippen LogP contribution in [0.4, 0.5) is 5.69 Å². The van der Waals surface area contributed by atoms with Crippen molar-refractivity contribution in [1.29, 1.82) is 0 Å². The van der Waals surface area contributed by atoms with Crippen LogP contribution < -0.4 is 5.32 Å². The molecule has 1 aromatic carbocycles. The number of nitrogens with one attached hydrogen (secondary N) is 1. The second-order valence-electron chi connectivity index (χ2n) is 4.30. The molecule has 1 aromatic heterocycles. The minimum atomic E-state index is -0.422. The lowest BCUT2D eigenvalue weighted by Gasteiger charge is -2.08. The van der Waals surface area contributed by atoms with Crippen molar-refractivity contribution < 1.29 is 9.53 Å². The number of halogens is 2. The van der Waals surface area contributed by atoms with Gasteiger partial charge < -0.3 is 10.1 Å². The molecule has 114 valence electrons. The minimum Gasteiger partial charge on any atom is -0.462 e. The minimum absolute atomic E-state index is 0.300. The predicted molar refractivity (Wildman–Crippen MR) is 91.6 cm³/mol. The molecule has 0 aliphatic carbocycles. The molecule has 2 rings (SSSR count). The lowest BCUT2D eigenvalue weighted by molar-refractivity contribution is -0.136. The van der Waals surface area contributed by atoms with Crippen molar-refractivity contribution >= 4 is 44.8 Å². The Labute approximate surface area is 142 Å². The summed E-state index contributed by atoms with van der Waals surface area (Å²) in [5.74, 6) is -0.422. The zero-order chi connectivity index (χ0) is 15.9. The van der Waals surface area contributed by atoms with Crippen molar-refractivity contribution in [2.75, 3.05) is 11.9 Å². The largest absolute Gasteiger partial charge is 0.462 e. The van der Waals surface area contributed by atoms with Gasteiger partial charge in [0.05, 0.1) is 12.2 Å². The first kappa shape index (κ1) is 16.5. The van der Waals surface area contributed by atoms with Gasteiger partial charge in [-0.15, -0.1) is 0 Å². The average molecular weight is 382 g/mol. The summed E-state index contributed by atoms with van der Waals surface area (Å²) in [5.41, 5.74) is 1.86. The normalized spacial score (nSPS) is 11.1. The smallest absolute Gasteiger partial charge is 0.340 e. The number of carbonyl (C=O) groups excluding carboxylic acids is 1. The summed E-state index contributed by atoms with van der Waals surface area (Å²) in [7, 11) is 0. The summed E-state index contributed by atoms with van der Waals surface area (Å²) in [5, 5.41) is 3.45. The monoisotopic (exact) mass is 380 g/mol. The highest BCUT2D eigenvalue weighted by atomic mass is 79.9. The molecule has 0 unspecified atom stereocenters. The van der Waals surface area contributed by atoms with E-state index in [1.165, 1.54) is 6.20 Å². The van der Waals surface area contributed by atoms with Gasteiger partial charge in [-0.2, -0.15) is 0 Å². The van der Waals surface area contributed by atoms with Gasteiger partial charge in [0.1, 0.15) is 5.15 Å². The van der Waals surface area contributed by atoms with E-state index in [4.69, 9.17) is 16.3 Å². The summed E-state index contributed by atoms with van der Waals surface area (Å²) >= 11 is 9.18. The molecule has 22 heavy (non-hydrogen) atoms. The topological polar surface area (TPSA) is 51.2 Å². The SMILES string of the molecule is CCOC(=O)/C(=C\Nc1cccc(Br)c1)c1ccc(Cl)nc1. The molecular formula is C16H14BrClN2O2. The third kappa shape index (κ3) is 4.58. The van der Waals surface area contributed by atoms with Gasteiger partial charge in [-0.1, -0.05) is 33.6 Å². The van der Waals surface area contributed by atoms with Gasteiger partial charge in [0.25, 0.3) is 0 Å². The molecule has 0 aliphatic heterocycles. The van der Waals surface area contributed by atoms with E-state index in [0.717, 1.165) is 10.2 Å². The lowest BCUT2D eigenvalue weighted by Crippen LogP contribution is -2.08. The van der Waals surface area contributed by atoms with Crippen molar-refractivity contribution in [1.82, 2.24) is 4.98 Å². The molecule has 0 amide bonds. The van der Waals surface area contributed by atoms with Crippen LogP contribution in [0.25, 0.3) is 5.57 Å². The maximum absolute atomic E-state index is 12.1. The molecule has 0 bridgehead atoms. The van der Waals surface area contributed by atoms with Gasteiger partial charge >= 0.3 is 5.97 Å². The van der Waals surface area contributed by atoms with Crippen molar-refractivity contribution in [2.24, 2.45) is 0 Å². The molecule has 1 heterocycles. The van der Waals surface area contributed by atoms with Gasteiger partial charge in [-0.25, -0.2) is 9.78 Å². The van der Waals surface area contributed by atoms with Crippen molar-refractivity contribution in [3.8, 4) is 0 Å². The fourth-order valence-electron chi connectivity index (χ4n) is 1.74. The molecule has 0 spiro atoms. The molecule has 0 fully saturated rings. The number of aromatic nitrogens is 1. The Morgan fingerprint density at radius 2 is 2.23 bits per heavy atom. The lowest BCUT2D eigenvalue weighted by atomic mass is 10.1. The van der Waals surface area contributed by atoms with E-state index in [2.05, 4.69) is 26.2 Å². The van der Waals surface area contributed by atoms with E-state index in [9.17, 15) is 4.79 Å². The van der Waals surface area contributed by atoms with Crippen LogP contribution in [0.15, 0.2) is 53.3 Å². The molecular weight excluding hydrogens is 368 g/mol. The second-order valence-corrected chi connectivity index (χ2v) is 5.61. The summed E-state index contributed by atoms with van der Waals surface area (Å²) in [6.45, 7) is 2.06. The zero-order valence-corrected chi connectivity index (χ0v) is 14.2. The Balaban J connectivity index is 2.29. The molecule has 1 N–H and O–H groups in total. The number of benzene rings is 1. The predicted octanol–water partition coefficient (Wildman–Crippen LogP) is 4.51. The number of carbonyl (C=O) groups is 1. The highest BCUT2D eigenvalue weighted by Crippen LogP contribution is 2.20. The Bertz CT molecular complexity index is 687. The quantitative estimate of drug-likeness (QED) is 0.470. The van der Waals surface area contributed by atoms with E-state index >= 15 is 0 Å². The number of ether oxygens (including phenoxy) is 1. The number of anilines is 1. The van der Waals surface area contributed by atoms with Crippen LogP contribution in [-0.4, -0.2) is 17.6 Å². The van der Waals surface area contributed by atoms with Gasteiger partial charge in [-0.05, 0) is 37.3 Å². The number of pyridine rings is 1. The molecule has 0 radical (unpaired) electrons. The Morgan fingerprint density at radius 3 is 2.86 bits per heavy atom. The third-order valence-corrected chi connectivity index (χ3v) is 3.46. The molecule has 0 saturated carbocycles. The first-order valence-electron chi connectivity index (χ1n) is 6.61. The summed E-state index contributed by atoms with van der Waals surface area (Å²) in [6, 6.07) is 11.0. The summed E-state index contributed by atoms with van der Waals surface area (Å²) in [4.78, 5) is 16.1. The van der Waals surface area contributed by atoms with Gasteiger partial charge in [0.15, 0.2) is 0 Å². The highest BCUT2D eigenvalue weighted by molar-refractivity contribution is 9.10. The molecule has 4 nitrogen and oxygen atoms in total. The second kappa shape index (κ2) is 7.96.